The van der Waals surface area contributed by atoms with Crippen LogP contribution < -0.4 is 0 Å². The second kappa shape index (κ2) is 6.13. The lowest BCUT2D eigenvalue weighted by Gasteiger charge is -2.63. The lowest BCUT2D eigenvalue weighted by atomic mass is 9.43. The van der Waals surface area contributed by atoms with E-state index in [1.165, 1.54) is 0 Å². The molecule has 2 fully saturated rings. The Morgan fingerprint density at radius 1 is 1.36 bits per heavy atom. The van der Waals surface area contributed by atoms with Gasteiger partial charge in [0.1, 0.15) is 0 Å². The van der Waals surface area contributed by atoms with E-state index in [-0.39, 0.29) is 5.92 Å². The molecule has 0 saturated heterocycles. The zero-order chi connectivity index (χ0) is 18.5. The van der Waals surface area contributed by atoms with Gasteiger partial charge in [0.15, 0.2) is 0 Å². The number of hydrogen-bond acceptors (Lipinski definition) is 4. The number of aryl methyl sites for hydroxylation is 1. The zero-order valence-electron chi connectivity index (χ0n) is 15.4. The number of aliphatic carboxylic acids is 1. The molecule has 5 heteroatoms. The van der Waals surface area contributed by atoms with Crippen LogP contribution in [-0.2, 0) is 11.2 Å². The maximum Gasteiger partial charge on any atom is 0.309 e. The van der Waals surface area contributed by atoms with Gasteiger partial charge in [0, 0.05) is 11.3 Å². The molecule has 140 valence electrons. The van der Waals surface area contributed by atoms with Crippen LogP contribution in [0, 0.1) is 22.7 Å². The highest BCUT2D eigenvalue weighted by atomic mass is 16.4. The summed E-state index contributed by atoms with van der Waals surface area (Å²) in [7, 11) is 0. The minimum absolute atomic E-state index is 0.0909. The van der Waals surface area contributed by atoms with Gasteiger partial charge in [-0.25, -0.2) is 0 Å². The van der Waals surface area contributed by atoms with E-state index < -0.39 is 34.4 Å². The van der Waals surface area contributed by atoms with Crippen LogP contribution in [0.4, 0.5) is 0 Å². The van der Waals surface area contributed by atoms with E-state index >= 15 is 0 Å². The first kappa shape index (κ1) is 18.5. The topological polar surface area (TPSA) is 90.9 Å². The molecule has 3 N–H and O–H groups in total. The highest BCUT2D eigenvalue weighted by molar-refractivity contribution is 5.75. The third kappa shape index (κ3) is 2.63. The summed E-state index contributed by atoms with van der Waals surface area (Å²) in [5.41, 5.74) is -1.61. The van der Waals surface area contributed by atoms with Gasteiger partial charge in [-0.3, -0.25) is 4.79 Å². The normalized spacial score (nSPS) is 44.3. The summed E-state index contributed by atoms with van der Waals surface area (Å²) in [6.45, 7) is 5.71. The van der Waals surface area contributed by atoms with E-state index in [4.69, 9.17) is 4.42 Å². The fourth-order valence-electron chi connectivity index (χ4n) is 5.97. The Balaban J connectivity index is 1.98. The number of rotatable bonds is 4. The van der Waals surface area contributed by atoms with Crippen LogP contribution in [-0.4, -0.2) is 33.0 Å². The fraction of sp³-hybridized carbons (Fsp3) is 0.750. The Bertz CT molecular complexity index is 626. The Kier molecular flexibility index (Phi) is 4.53. The van der Waals surface area contributed by atoms with Crippen molar-refractivity contribution in [3.8, 4) is 0 Å². The Morgan fingerprint density at radius 2 is 2.08 bits per heavy atom. The number of furan rings is 1. The fourth-order valence-corrected chi connectivity index (χ4v) is 5.97. The summed E-state index contributed by atoms with van der Waals surface area (Å²) in [5, 5.41) is 32.5. The monoisotopic (exact) mass is 350 g/mol. The molecule has 0 radical (unpaired) electrons. The first-order valence-electron chi connectivity index (χ1n) is 9.30. The quantitative estimate of drug-likeness (QED) is 0.775. The van der Waals surface area contributed by atoms with Crippen molar-refractivity contribution in [2.24, 2.45) is 22.7 Å². The predicted octanol–water partition coefficient (Wildman–Crippen LogP) is 3.24. The van der Waals surface area contributed by atoms with Crippen LogP contribution in [0.2, 0.25) is 0 Å². The molecular formula is C20H30O5. The molecule has 0 spiro atoms. The van der Waals surface area contributed by atoms with Gasteiger partial charge in [0.05, 0.1) is 29.6 Å². The van der Waals surface area contributed by atoms with Crippen molar-refractivity contribution >= 4 is 5.97 Å². The Morgan fingerprint density at radius 3 is 2.68 bits per heavy atom. The van der Waals surface area contributed by atoms with Crippen LogP contribution in [0.15, 0.2) is 23.0 Å². The second-order valence-corrected chi connectivity index (χ2v) is 8.73. The van der Waals surface area contributed by atoms with Gasteiger partial charge in [0.2, 0.25) is 0 Å². The van der Waals surface area contributed by atoms with Crippen LogP contribution in [0.5, 0.6) is 0 Å². The van der Waals surface area contributed by atoms with E-state index in [1.807, 2.05) is 19.9 Å². The molecule has 0 amide bonds. The number of aliphatic hydroxyl groups excluding tert-OH is 1. The van der Waals surface area contributed by atoms with Crippen molar-refractivity contribution in [1.29, 1.82) is 0 Å². The smallest absolute Gasteiger partial charge is 0.309 e. The molecule has 1 aromatic rings. The van der Waals surface area contributed by atoms with E-state index in [1.54, 1.807) is 19.5 Å². The summed E-state index contributed by atoms with van der Waals surface area (Å²) in [6.07, 6.45) is 6.32. The van der Waals surface area contributed by atoms with E-state index in [0.717, 1.165) is 18.4 Å². The minimum Gasteiger partial charge on any atom is -0.481 e. The maximum absolute atomic E-state index is 12.1. The van der Waals surface area contributed by atoms with E-state index in [9.17, 15) is 20.1 Å². The minimum atomic E-state index is -1.01. The van der Waals surface area contributed by atoms with Gasteiger partial charge in [-0.15, -0.1) is 0 Å². The largest absolute Gasteiger partial charge is 0.481 e. The summed E-state index contributed by atoms with van der Waals surface area (Å²) < 4.78 is 5.13. The Labute approximate surface area is 149 Å². The van der Waals surface area contributed by atoms with Crippen LogP contribution in [0.3, 0.4) is 0 Å². The summed E-state index contributed by atoms with van der Waals surface area (Å²) in [5.74, 6) is -1.40. The van der Waals surface area contributed by atoms with Gasteiger partial charge >= 0.3 is 5.97 Å². The number of aliphatic hydroxyl groups is 2. The molecule has 0 aliphatic heterocycles. The molecule has 2 aliphatic rings. The molecule has 1 aromatic heterocycles. The number of carboxylic acids is 1. The van der Waals surface area contributed by atoms with Crippen molar-refractivity contribution in [3.05, 3.63) is 24.2 Å². The number of hydrogen-bond donors (Lipinski definition) is 3. The zero-order valence-corrected chi connectivity index (χ0v) is 15.4. The molecule has 0 unspecified atom stereocenters. The van der Waals surface area contributed by atoms with Crippen molar-refractivity contribution < 1.29 is 24.5 Å². The van der Waals surface area contributed by atoms with Gasteiger partial charge in [-0.2, -0.15) is 0 Å². The SMILES string of the molecule is C[C@@H]1C[C@@H](O)[C@@H]2[C@](C)(CCC[C@]2(C)C(=O)O)[C@@]1(O)CCc1ccoc1. The van der Waals surface area contributed by atoms with Crippen LogP contribution >= 0.6 is 0 Å². The van der Waals surface area contributed by atoms with Gasteiger partial charge in [-0.1, -0.05) is 20.3 Å². The molecular weight excluding hydrogens is 320 g/mol. The predicted molar refractivity (Wildman–Crippen MR) is 93.0 cm³/mol. The standard InChI is InChI=1S/C20H30O5/c1-13-11-15(21)16-18(2,17(22)23)7-4-8-19(16,3)20(13,24)9-5-14-6-10-25-12-14/h6,10,12-13,15-16,21,24H,4-5,7-9,11H2,1-3H3,(H,22,23)/t13-,15-,16+,18+,19+,20-/m1/s1. The van der Waals surface area contributed by atoms with Gasteiger partial charge < -0.3 is 19.7 Å². The molecule has 0 bridgehead atoms. The third-order valence-electron chi connectivity index (χ3n) is 7.41. The van der Waals surface area contributed by atoms with Crippen molar-refractivity contribution in [2.75, 3.05) is 0 Å². The molecule has 0 aromatic carbocycles. The first-order valence-corrected chi connectivity index (χ1v) is 9.30. The number of carboxylic acid groups (broad SMARTS) is 1. The number of carbonyl (C=O) groups is 1. The van der Waals surface area contributed by atoms with Crippen molar-refractivity contribution in [2.45, 2.75) is 71.0 Å². The summed E-state index contributed by atoms with van der Waals surface area (Å²) in [4.78, 5) is 12.1. The lowest BCUT2D eigenvalue weighted by Crippen LogP contribution is -2.68. The molecule has 2 aliphatic carbocycles. The molecule has 5 nitrogen and oxygen atoms in total. The molecule has 3 rings (SSSR count). The Hall–Kier alpha value is -1.33. The molecule has 2 saturated carbocycles. The number of fused-ring (bicyclic) bond motifs is 1. The van der Waals surface area contributed by atoms with Crippen LogP contribution in [0.1, 0.15) is 58.4 Å². The highest BCUT2D eigenvalue weighted by Crippen LogP contribution is 2.63. The van der Waals surface area contributed by atoms with Crippen molar-refractivity contribution in [3.63, 3.8) is 0 Å². The third-order valence-corrected chi connectivity index (χ3v) is 7.41. The van der Waals surface area contributed by atoms with Gasteiger partial charge in [-0.05, 0) is 56.6 Å². The highest BCUT2D eigenvalue weighted by Gasteiger charge is 2.66. The van der Waals surface area contributed by atoms with E-state index in [0.29, 0.717) is 25.7 Å². The lowest BCUT2D eigenvalue weighted by molar-refractivity contribution is -0.248. The van der Waals surface area contributed by atoms with Crippen LogP contribution in [0.25, 0.3) is 0 Å². The summed E-state index contributed by atoms with van der Waals surface area (Å²) in [6, 6.07) is 1.90. The molecule has 25 heavy (non-hydrogen) atoms. The van der Waals surface area contributed by atoms with E-state index in [2.05, 4.69) is 0 Å². The van der Waals surface area contributed by atoms with Crippen molar-refractivity contribution in [1.82, 2.24) is 0 Å². The first-order chi connectivity index (χ1) is 11.6. The summed E-state index contributed by atoms with van der Waals surface area (Å²) >= 11 is 0. The maximum atomic E-state index is 12.1. The average Bonchev–Trinajstić information content (AvgIpc) is 3.04. The second-order valence-electron chi connectivity index (χ2n) is 8.73. The molecule has 1 heterocycles. The van der Waals surface area contributed by atoms with Gasteiger partial charge in [0.25, 0.3) is 0 Å². The average molecular weight is 350 g/mol. The molecule has 6 atom stereocenters.